The first-order valence-corrected chi connectivity index (χ1v) is 10.9. The summed E-state index contributed by atoms with van der Waals surface area (Å²) in [5, 5.41) is 0.555. The summed E-state index contributed by atoms with van der Waals surface area (Å²) >= 11 is 14.0. The van der Waals surface area contributed by atoms with Crippen LogP contribution in [0.2, 0.25) is 10.0 Å². The number of carbonyl (C=O) groups excluding carboxylic acids is 1. The summed E-state index contributed by atoms with van der Waals surface area (Å²) < 4.78 is 42.6. The molecule has 1 fully saturated rings. The summed E-state index contributed by atoms with van der Waals surface area (Å²) in [5.41, 5.74) is 0.721. The van der Waals surface area contributed by atoms with Crippen molar-refractivity contribution in [2.75, 3.05) is 11.5 Å². The van der Waals surface area contributed by atoms with E-state index >= 15 is 0 Å². The van der Waals surface area contributed by atoms with Crippen LogP contribution in [0.5, 0.6) is 0 Å². The smallest absolute Gasteiger partial charge is 0.346 e. The van der Waals surface area contributed by atoms with Crippen LogP contribution in [0.25, 0.3) is 0 Å². The van der Waals surface area contributed by atoms with Gasteiger partial charge in [0.1, 0.15) is 6.10 Å². The van der Waals surface area contributed by atoms with Crippen LogP contribution in [0.1, 0.15) is 24.8 Å². The Hall–Kier alpha value is -1.35. The van der Waals surface area contributed by atoms with Gasteiger partial charge >= 0.3 is 6.61 Å². The van der Waals surface area contributed by atoms with Crippen LogP contribution in [-0.4, -0.2) is 40.8 Å². The molecule has 29 heavy (non-hydrogen) atoms. The highest BCUT2D eigenvalue weighted by Gasteiger charge is 2.49. The first kappa shape index (κ1) is 20.9. The third-order valence-electron chi connectivity index (χ3n) is 4.99. The molecule has 0 amide bonds. The number of hydrogen-bond donors (Lipinski definition) is 0. The van der Waals surface area contributed by atoms with Crippen molar-refractivity contribution < 1.29 is 27.8 Å². The number of carbonyl (C=O) groups is 1. The fourth-order valence-corrected chi connectivity index (χ4v) is 5.17. The third kappa shape index (κ3) is 4.26. The molecule has 1 saturated heterocycles. The van der Waals surface area contributed by atoms with Gasteiger partial charge in [0.25, 0.3) is 5.79 Å². The van der Waals surface area contributed by atoms with Gasteiger partial charge in [-0.1, -0.05) is 29.3 Å². The van der Waals surface area contributed by atoms with Crippen molar-refractivity contribution in [3.05, 3.63) is 51.2 Å². The maximum absolute atomic E-state index is 13.0. The summed E-state index contributed by atoms with van der Waals surface area (Å²) in [4.78, 5) is 16.9. The van der Waals surface area contributed by atoms with E-state index in [1.807, 2.05) is 0 Å². The summed E-state index contributed by atoms with van der Waals surface area (Å²) in [6, 6.07) is 0. The van der Waals surface area contributed by atoms with Crippen molar-refractivity contribution >= 4 is 40.7 Å². The second kappa shape index (κ2) is 8.41. The van der Waals surface area contributed by atoms with E-state index in [1.54, 1.807) is 17.8 Å². The second-order valence-corrected chi connectivity index (χ2v) is 8.88. The molecule has 156 valence electrons. The highest BCUT2D eigenvalue weighted by atomic mass is 35.5. The average molecular weight is 464 g/mol. The largest absolute Gasteiger partial charge is 0.450 e. The number of aromatic nitrogens is 1. The molecule has 2 aliphatic heterocycles. The minimum Gasteiger partial charge on any atom is -0.450 e. The molecule has 1 atom stereocenters. The maximum Gasteiger partial charge on any atom is 0.346 e. The van der Waals surface area contributed by atoms with Gasteiger partial charge in [-0.05, 0) is 0 Å². The molecule has 0 aromatic carbocycles. The maximum atomic E-state index is 13.0. The van der Waals surface area contributed by atoms with E-state index in [-0.39, 0.29) is 45.8 Å². The van der Waals surface area contributed by atoms with Crippen molar-refractivity contribution in [2.24, 2.45) is 0 Å². The summed E-state index contributed by atoms with van der Waals surface area (Å²) in [6.45, 7) is -2.96. The Balaban J connectivity index is 1.61. The van der Waals surface area contributed by atoms with Crippen LogP contribution in [-0.2, 0) is 25.4 Å². The van der Waals surface area contributed by atoms with Crippen LogP contribution in [0, 0.1) is 0 Å². The number of alkyl halides is 2. The van der Waals surface area contributed by atoms with E-state index in [2.05, 4.69) is 4.98 Å². The van der Waals surface area contributed by atoms with Gasteiger partial charge in [0.2, 0.25) is 0 Å². The van der Waals surface area contributed by atoms with E-state index in [0.29, 0.717) is 18.4 Å². The minimum atomic E-state index is -2.96. The number of allylic oxidation sites excluding steroid dienone is 1. The quantitative estimate of drug-likeness (QED) is 0.617. The molecule has 3 aliphatic rings. The number of ketones is 1. The second-order valence-electron chi connectivity index (χ2n) is 6.84. The Kier molecular flexibility index (Phi) is 6.06. The predicted octanol–water partition coefficient (Wildman–Crippen LogP) is 4.92. The summed E-state index contributed by atoms with van der Waals surface area (Å²) in [5.74, 6) is 0.741. The number of hydrogen-bond acceptors (Lipinski definition) is 6. The molecule has 1 spiro atoms. The van der Waals surface area contributed by atoms with E-state index < -0.39 is 18.5 Å². The molecule has 1 aliphatic carbocycles. The molecule has 0 bridgehead atoms. The van der Waals surface area contributed by atoms with Crippen molar-refractivity contribution in [2.45, 2.75) is 44.2 Å². The minimum absolute atomic E-state index is 0.0740. The van der Waals surface area contributed by atoms with Crippen molar-refractivity contribution in [1.29, 1.82) is 0 Å². The standard InChI is InChI=1S/C19H17Cl2F2NO4S/c20-12-8-24-9-13(21)11(12)7-14(25)10-1-2-15(26-18(22)23)17-16(10)27-19(28-17)3-5-29-6-4-19/h1,8-9,15,18H,2-7H2. The van der Waals surface area contributed by atoms with Crippen LogP contribution < -0.4 is 0 Å². The lowest BCUT2D eigenvalue weighted by Gasteiger charge is -2.32. The Morgan fingerprint density at radius 2 is 1.97 bits per heavy atom. The van der Waals surface area contributed by atoms with Crippen molar-refractivity contribution in [3.8, 4) is 0 Å². The highest BCUT2D eigenvalue weighted by molar-refractivity contribution is 7.99. The van der Waals surface area contributed by atoms with Gasteiger partial charge in [0.15, 0.2) is 17.3 Å². The topological polar surface area (TPSA) is 57.7 Å². The van der Waals surface area contributed by atoms with Gasteiger partial charge in [0.05, 0.1) is 15.6 Å². The molecular formula is C19H17Cl2F2NO4S. The Bertz CT molecular complexity index is 867. The molecule has 1 unspecified atom stereocenters. The van der Waals surface area contributed by atoms with Gasteiger partial charge in [-0.2, -0.15) is 20.5 Å². The van der Waals surface area contributed by atoms with Gasteiger partial charge in [-0.25, -0.2) is 0 Å². The van der Waals surface area contributed by atoms with Gasteiger partial charge in [-0.15, -0.1) is 0 Å². The zero-order valence-electron chi connectivity index (χ0n) is 15.1. The van der Waals surface area contributed by atoms with Crippen LogP contribution >= 0.6 is 35.0 Å². The Morgan fingerprint density at radius 3 is 2.62 bits per heavy atom. The number of ether oxygens (including phenoxy) is 3. The molecule has 3 heterocycles. The monoisotopic (exact) mass is 463 g/mol. The van der Waals surface area contributed by atoms with Crippen molar-refractivity contribution in [3.63, 3.8) is 0 Å². The first-order valence-electron chi connectivity index (χ1n) is 9.04. The molecule has 1 aromatic rings. The number of thioether (sulfide) groups is 1. The normalized spacial score (nSPS) is 22.9. The van der Waals surface area contributed by atoms with E-state index in [4.69, 9.17) is 37.4 Å². The predicted molar refractivity (Wildman–Crippen MR) is 105 cm³/mol. The fourth-order valence-electron chi connectivity index (χ4n) is 3.56. The lowest BCUT2D eigenvalue weighted by Crippen LogP contribution is -2.36. The third-order valence-corrected chi connectivity index (χ3v) is 6.63. The summed E-state index contributed by atoms with van der Waals surface area (Å²) in [6.07, 6.45) is 4.57. The van der Waals surface area contributed by atoms with Crippen LogP contribution in [0.4, 0.5) is 8.78 Å². The lowest BCUT2D eigenvalue weighted by atomic mass is 9.95. The fraction of sp³-hybridized carbons (Fsp3) is 0.474. The number of pyridine rings is 1. The number of rotatable bonds is 5. The zero-order chi connectivity index (χ0) is 20.6. The lowest BCUT2D eigenvalue weighted by molar-refractivity contribution is -0.188. The SMILES string of the molecule is O=C(Cc1c(Cl)cncc1Cl)C1=CCC(OC(F)F)C2=C1OC1(CCSCC1)O2. The molecule has 0 saturated carbocycles. The number of halogens is 4. The number of nitrogens with zero attached hydrogens (tertiary/aromatic N) is 1. The van der Waals surface area contributed by atoms with Crippen LogP contribution in [0.3, 0.4) is 0 Å². The molecule has 10 heteroatoms. The van der Waals surface area contributed by atoms with E-state index in [1.165, 1.54) is 12.4 Å². The van der Waals surface area contributed by atoms with Gasteiger partial charge in [0, 0.05) is 55.1 Å². The molecule has 0 radical (unpaired) electrons. The molecule has 5 nitrogen and oxygen atoms in total. The summed E-state index contributed by atoms with van der Waals surface area (Å²) in [7, 11) is 0. The Morgan fingerprint density at radius 1 is 1.28 bits per heavy atom. The zero-order valence-corrected chi connectivity index (χ0v) is 17.5. The van der Waals surface area contributed by atoms with E-state index in [0.717, 1.165) is 11.5 Å². The average Bonchev–Trinajstić information content (AvgIpc) is 3.04. The Labute approximate surface area is 180 Å². The van der Waals surface area contributed by atoms with Crippen LogP contribution in [0.15, 0.2) is 35.6 Å². The molecule has 0 N–H and O–H groups in total. The molecular weight excluding hydrogens is 447 g/mol. The van der Waals surface area contributed by atoms with Gasteiger partial charge < -0.3 is 14.2 Å². The first-order chi connectivity index (χ1) is 13.9. The van der Waals surface area contributed by atoms with Gasteiger partial charge in [-0.3, -0.25) is 9.78 Å². The molecule has 1 aromatic heterocycles. The molecule has 4 rings (SSSR count). The highest BCUT2D eigenvalue weighted by Crippen LogP contribution is 2.47. The number of Topliss-reactive ketones (excluding diaryl/α,β-unsaturated/α-hetero) is 1. The van der Waals surface area contributed by atoms with E-state index in [9.17, 15) is 13.6 Å². The van der Waals surface area contributed by atoms with Crippen molar-refractivity contribution in [1.82, 2.24) is 4.98 Å².